The van der Waals surface area contributed by atoms with E-state index in [-0.39, 0.29) is 17.1 Å². The van der Waals surface area contributed by atoms with Gasteiger partial charge in [-0.15, -0.1) is 0 Å². The number of anilines is 1. The van der Waals surface area contributed by atoms with Gasteiger partial charge >= 0.3 is 6.03 Å². The number of carbonyl (C=O) groups excluding carboxylic acids is 2. The van der Waals surface area contributed by atoms with E-state index in [9.17, 15) is 9.59 Å². The highest BCUT2D eigenvalue weighted by molar-refractivity contribution is 9.10. The molecule has 0 aromatic heterocycles. The van der Waals surface area contributed by atoms with E-state index in [0.717, 1.165) is 5.56 Å². The van der Waals surface area contributed by atoms with Gasteiger partial charge in [-0.05, 0) is 46.6 Å². The second-order valence-electron chi connectivity index (χ2n) is 5.00. The molecule has 2 aromatic rings. The number of nitrogens with one attached hydrogen (secondary N) is 2. The quantitative estimate of drug-likeness (QED) is 0.759. The topological polar surface area (TPSA) is 76.7 Å². The zero-order valence-electron chi connectivity index (χ0n) is 13.8. The SMILES string of the molecule is COc1ccc(Br)c(OC)c1C(=O)NC(=O)Nc1c(C)cccc1Cl. The molecule has 2 rings (SSSR count). The van der Waals surface area contributed by atoms with Gasteiger partial charge in [0.25, 0.3) is 5.91 Å². The summed E-state index contributed by atoms with van der Waals surface area (Å²) in [5.74, 6) is -0.130. The fraction of sp³-hybridized carbons (Fsp3) is 0.176. The van der Waals surface area contributed by atoms with E-state index in [2.05, 4.69) is 26.6 Å². The Labute approximate surface area is 158 Å². The second kappa shape index (κ2) is 8.22. The Hall–Kier alpha value is -2.25. The average Bonchev–Trinajstić information content (AvgIpc) is 2.57. The minimum absolute atomic E-state index is 0.102. The van der Waals surface area contributed by atoms with Crippen LogP contribution in [0.25, 0.3) is 0 Å². The van der Waals surface area contributed by atoms with Crippen molar-refractivity contribution in [1.82, 2.24) is 5.32 Å². The van der Waals surface area contributed by atoms with Crippen LogP contribution < -0.4 is 20.1 Å². The summed E-state index contributed by atoms with van der Waals surface area (Å²) in [7, 11) is 2.84. The molecule has 0 radical (unpaired) electrons. The molecule has 25 heavy (non-hydrogen) atoms. The van der Waals surface area contributed by atoms with Gasteiger partial charge < -0.3 is 14.8 Å². The van der Waals surface area contributed by atoms with Crippen molar-refractivity contribution in [2.24, 2.45) is 0 Å². The van der Waals surface area contributed by atoms with E-state index >= 15 is 0 Å². The highest BCUT2D eigenvalue weighted by Gasteiger charge is 2.23. The van der Waals surface area contributed by atoms with Gasteiger partial charge in [0.15, 0.2) is 0 Å². The first-order chi connectivity index (χ1) is 11.9. The van der Waals surface area contributed by atoms with E-state index < -0.39 is 11.9 Å². The summed E-state index contributed by atoms with van der Waals surface area (Å²) in [5.41, 5.74) is 1.31. The number of imide groups is 1. The molecule has 0 aliphatic heterocycles. The van der Waals surface area contributed by atoms with Crippen LogP contribution in [0.2, 0.25) is 5.02 Å². The molecule has 132 valence electrons. The van der Waals surface area contributed by atoms with Gasteiger partial charge in [-0.1, -0.05) is 23.7 Å². The number of aryl methyl sites for hydroxylation is 1. The van der Waals surface area contributed by atoms with Gasteiger partial charge in [0, 0.05) is 0 Å². The number of halogens is 2. The second-order valence-corrected chi connectivity index (χ2v) is 6.26. The van der Waals surface area contributed by atoms with Gasteiger partial charge in [-0.2, -0.15) is 0 Å². The molecule has 0 saturated carbocycles. The minimum Gasteiger partial charge on any atom is -0.496 e. The van der Waals surface area contributed by atoms with Gasteiger partial charge in [0.2, 0.25) is 0 Å². The third-order valence-electron chi connectivity index (χ3n) is 3.41. The van der Waals surface area contributed by atoms with Crippen LogP contribution in [0.3, 0.4) is 0 Å². The Bertz CT molecular complexity index is 806. The number of ether oxygens (including phenoxy) is 2. The summed E-state index contributed by atoms with van der Waals surface area (Å²) < 4.78 is 11.0. The summed E-state index contributed by atoms with van der Waals surface area (Å²) in [6, 6.07) is 7.77. The smallest absolute Gasteiger partial charge is 0.326 e. The Morgan fingerprint density at radius 3 is 2.44 bits per heavy atom. The van der Waals surface area contributed by atoms with Gasteiger partial charge in [0.05, 0.1) is 29.4 Å². The maximum Gasteiger partial charge on any atom is 0.326 e. The van der Waals surface area contributed by atoms with Crippen molar-refractivity contribution in [3.8, 4) is 11.5 Å². The highest BCUT2D eigenvalue weighted by Crippen LogP contribution is 2.35. The molecule has 0 aliphatic carbocycles. The molecule has 0 bridgehead atoms. The minimum atomic E-state index is -0.717. The molecular weight excluding hydrogens is 412 g/mol. The summed E-state index contributed by atoms with van der Waals surface area (Å²) in [4.78, 5) is 24.7. The predicted molar refractivity (Wildman–Crippen MR) is 99.9 cm³/mol. The van der Waals surface area contributed by atoms with Crippen molar-refractivity contribution in [3.05, 3.63) is 51.0 Å². The zero-order chi connectivity index (χ0) is 18.6. The first kappa shape index (κ1) is 19.1. The van der Waals surface area contributed by atoms with Crippen LogP contribution in [-0.4, -0.2) is 26.2 Å². The van der Waals surface area contributed by atoms with Gasteiger partial charge in [-0.25, -0.2) is 4.79 Å². The first-order valence-corrected chi connectivity index (χ1v) is 8.34. The molecule has 0 saturated heterocycles. The van der Waals surface area contributed by atoms with Crippen molar-refractivity contribution < 1.29 is 19.1 Å². The average molecular weight is 428 g/mol. The number of rotatable bonds is 4. The van der Waals surface area contributed by atoms with Gasteiger partial charge in [-0.3, -0.25) is 10.1 Å². The molecule has 0 heterocycles. The van der Waals surface area contributed by atoms with Crippen LogP contribution in [0.15, 0.2) is 34.8 Å². The van der Waals surface area contributed by atoms with Crippen LogP contribution >= 0.6 is 27.5 Å². The Morgan fingerprint density at radius 2 is 1.84 bits per heavy atom. The van der Waals surface area contributed by atoms with E-state index in [1.807, 2.05) is 0 Å². The van der Waals surface area contributed by atoms with Crippen LogP contribution in [0, 0.1) is 6.92 Å². The fourth-order valence-corrected chi connectivity index (χ4v) is 2.99. The monoisotopic (exact) mass is 426 g/mol. The third-order valence-corrected chi connectivity index (χ3v) is 4.35. The number of hydrogen-bond donors (Lipinski definition) is 2. The maximum absolute atomic E-state index is 12.5. The molecular formula is C17H16BrClN2O4. The molecule has 0 unspecified atom stereocenters. The summed E-state index contributed by atoms with van der Waals surface area (Å²) in [6.07, 6.45) is 0. The lowest BCUT2D eigenvalue weighted by Gasteiger charge is -2.15. The standard InChI is InChI=1S/C17H16BrClN2O4/c1-9-5-4-6-11(19)14(9)20-17(23)21-16(22)13-12(24-2)8-7-10(18)15(13)25-3/h4-8H,1-3H3,(H2,20,21,22,23). The Morgan fingerprint density at radius 1 is 1.12 bits per heavy atom. The lowest BCUT2D eigenvalue weighted by molar-refractivity contribution is 0.0961. The van der Waals surface area contributed by atoms with Gasteiger partial charge in [0.1, 0.15) is 17.1 Å². The normalized spacial score (nSPS) is 10.1. The molecule has 2 aromatic carbocycles. The van der Waals surface area contributed by atoms with Crippen molar-refractivity contribution >= 4 is 45.2 Å². The molecule has 8 heteroatoms. The number of hydrogen-bond acceptors (Lipinski definition) is 4. The predicted octanol–water partition coefficient (Wildman–Crippen LogP) is 4.39. The first-order valence-electron chi connectivity index (χ1n) is 7.17. The number of amides is 3. The van der Waals surface area contributed by atoms with Crippen LogP contribution in [0.4, 0.5) is 10.5 Å². The molecule has 3 amide bonds. The molecule has 0 fully saturated rings. The summed E-state index contributed by atoms with van der Waals surface area (Å²) in [6.45, 7) is 1.80. The molecule has 6 nitrogen and oxygen atoms in total. The maximum atomic E-state index is 12.5. The molecule has 0 spiro atoms. The Kier molecular flexibility index (Phi) is 6.27. The summed E-state index contributed by atoms with van der Waals surface area (Å²) in [5, 5.41) is 5.20. The lowest BCUT2D eigenvalue weighted by atomic mass is 10.1. The van der Waals surface area contributed by atoms with Crippen LogP contribution in [-0.2, 0) is 0 Å². The lowest BCUT2D eigenvalue weighted by Crippen LogP contribution is -2.35. The number of carbonyl (C=O) groups is 2. The van der Waals surface area contributed by atoms with Crippen LogP contribution in [0.5, 0.6) is 11.5 Å². The Balaban J connectivity index is 2.25. The highest BCUT2D eigenvalue weighted by atomic mass is 79.9. The number of methoxy groups -OCH3 is 2. The van der Waals surface area contributed by atoms with E-state index in [1.54, 1.807) is 37.3 Å². The van der Waals surface area contributed by atoms with Crippen molar-refractivity contribution in [2.45, 2.75) is 6.92 Å². The van der Waals surface area contributed by atoms with E-state index in [1.165, 1.54) is 14.2 Å². The van der Waals surface area contributed by atoms with Crippen molar-refractivity contribution in [1.29, 1.82) is 0 Å². The molecule has 0 aliphatic rings. The fourth-order valence-electron chi connectivity index (χ4n) is 2.22. The number of para-hydroxylation sites is 1. The third kappa shape index (κ3) is 4.24. The van der Waals surface area contributed by atoms with Crippen LogP contribution in [0.1, 0.15) is 15.9 Å². The van der Waals surface area contributed by atoms with Crippen molar-refractivity contribution in [3.63, 3.8) is 0 Å². The molecule has 2 N–H and O–H groups in total. The molecule has 0 atom stereocenters. The number of benzene rings is 2. The zero-order valence-corrected chi connectivity index (χ0v) is 16.1. The largest absolute Gasteiger partial charge is 0.496 e. The van der Waals surface area contributed by atoms with E-state index in [0.29, 0.717) is 15.2 Å². The van der Waals surface area contributed by atoms with Crippen molar-refractivity contribution in [2.75, 3.05) is 19.5 Å². The summed E-state index contributed by atoms with van der Waals surface area (Å²) >= 11 is 9.37. The number of urea groups is 1. The van der Waals surface area contributed by atoms with E-state index in [4.69, 9.17) is 21.1 Å².